The molecule has 3 rings (SSSR count). The molecule has 23 heavy (non-hydrogen) atoms. The maximum atomic E-state index is 13.4. The molecule has 122 valence electrons. The highest BCUT2D eigenvalue weighted by atomic mass is 19.4. The lowest BCUT2D eigenvalue weighted by Crippen LogP contribution is -2.37. The van der Waals surface area contributed by atoms with Gasteiger partial charge in [0.15, 0.2) is 5.69 Å². The molecule has 0 amide bonds. The molecule has 0 N–H and O–H groups in total. The first-order valence-corrected chi connectivity index (χ1v) is 6.97. The molecule has 0 aliphatic carbocycles. The zero-order valence-electron chi connectivity index (χ0n) is 12.0. The minimum absolute atomic E-state index is 0.00825. The van der Waals surface area contributed by atoms with Crippen molar-refractivity contribution in [2.24, 2.45) is 0 Å². The predicted octanol–water partition coefficient (Wildman–Crippen LogP) is 3.14. The number of ether oxygens (including phenoxy) is 1. The largest absolute Gasteiger partial charge is 0.435 e. The predicted molar refractivity (Wildman–Crippen MR) is 75.5 cm³/mol. The fraction of sp³-hybridized carbons (Fsp3) is 0.333. The van der Waals surface area contributed by atoms with Gasteiger partial charge in [-0.1, -0.05) is 0 Å². The van der Waals surface area contributed by atoms with E-state index in [1.165, 1.54) is 18.3 Å². The molecule has 1 aliphatic rings. The van der Waals surface area contributed by atoms with Gasteiger partial charge in [0.1, 0.15) is 5.82 Å². The molecule has 0 bridgehead atoms. The summed E-state index contributed by atoms with van der Waals surface area (Å²) < 4.78 is 58.5. The van der Waals surface area contributed by atoms with Crippen LogP contribution in [0.2, 0.25) is 0 Å². The third-order valence-electron chi connectivity index (χ3n) is 3.49. The van der Waals surface area contributed by atoms with Crippen molar-refractivity contribution in [2.75, 3.05) is 31.2 Å². The number of morpholine rings is 1. The standard InChI is InChI=1S/C15H13F4N3O/c16-11-7-10(8-20-9-11)12-1-2-13(14(21-12)15(17,18)19)22-3-5-23-6-4-22/h1-2,7-9H,3-6H2. The molecule has 0 unspecified atom stereocenters. The van der Waals surface area contributed by atoms with Crippen molar-refractivity contribution >= 4 is 5.69 Å². The Labute approximate surface area is 129 Å². The van der Waals surface area contributed by atoms with E-state index in [-0.39, 0.29) is 16.9 Å². The molecular weight excluding hydrogens is 314 g/mol. The number of halogens is 4. The van der Waals surface area contributed by atoms with Gasteiger partial charge in [-0.15, -0.1) is 0 Å². The van der Waals surface area contributed by atoms with Crippen LogP contribution in [0.15, 0.2) is 30.6 Å². The monoisotopic (exact) mass is 327 g/mol. The zero-order chi connectivity index (χ0) is 16.4. The van der Waals surface area contributed by atoms with E-state index in [4.69, 9.17) is 4.74 Å². The summed E-state index contributed by atoms with van der Waals surface area (Å²) >= 11 is 0. The van der Waals surface area contributed by atoms with Crippen molar-refractivity contribution in [3.8, 4) is 11.3 Å². The van der Waals surface area contributed by atoms with Gasteiger partial charge in [-0.2, -0.15) is 13.2 Å². The first-order chi connectivity index (χ1) is 10.9. The highest BCUT2D eigenvalue weighted by Gasteiger charge is 2.37. The Morgan fingerprint density at radius 3 is 2.48 bits per heavy atom. The Hall–Kier alpha value is -2.22. The van der Waals surface area contributed by atoms with E-state index in [1.807, 2.05) is 0 Å². The Morgan fingerprint density at radius 1 is 1.09 bits per heavy atom. The maximum Gasteiger partial charge on any atom is 0.435 e. The van der Waals surface area contributed by atoms with Gasteiger partial charge >= 0.3 is 6.18 Å². The summed E-state index contributed by atoms with van der Waals surface area (Å²) in [4.78, 5) is 8.95. The fourth-order valence-electron chi connectivity index (χ4n) is 2.43. The Bertz CT molecular complexity index is 699. The van der Waals surface area contributed by atoms with E-state index in [0.29, 0.717) is 26.3 Å². The van der Waals surface area contributed by atoms with Gasteiger partial charge in [0.2, 0.25) is 0 Å². The molecule has 1 saturated heterocycles. The first kappa shape index (κ1) is 15.7. The van der Waals surface area contributed by atoms with Crippen molar-refractivity contribution in [2.45, 2.75) is 6.18 Å². The molecule has 1 fully saturated rings. The molecule has 0 spiro atoms. The Balaban J connectivity index is 2.05. The van der Waals surface area contributed by atoms with Crippen LogP contribution >= 0.6 is 0 Å². The zero-order valence-corrected chi connectivity index (χ0v) is 12.0. The van der Waals surface area contributed by atoms with E-state index in [9.17, 15) is 17.6 Å². The molecule has 0 radical (unpaired) electrons. The molecule has 0 aromatic carbocycles. The third kappa shape index (κ3) is 3.42. The summed E-state index contributed by atoms with van der Waals surface area (Å²) in [5.74, 6) is -0.630. The molecule has 4 nitrogen and oxygen atoms in total. The van der Waals surface area contributed by atoms with Crippen molar-refractivity contribution < 1.29 is 22.3 Å². The number of pyridine rings is 2. The molecular formula is C15H13F4N3O. The fourth-order valence-corrected chi connectivity index (χ4v) is 2.43. The van der Waals surface area contributed by atoms with Crippen LogP contribution in [0, 0.1) is 5.82 Å². The molecule has 8 heteroatoms. The van der Waals surface area contributed by atoms with Crippen molar-refractivity contribution in [1.29, 1.82) is 0 Å². The van der Waals surface area contributed by atoms with Crippen LogP contribution in [0.1, 0.15) is 5.69 Å². The van der Waals surface area contributed by atoms with E-state index in [2.05, 4.69) is 9.97 Å². The summed E-state index contributed by atoms with van der Waals surface area (Å²) in [5, 5.41) is 0. The average Bonchev–Trinajstić information content (AvgIpc) is 2.54. The summed E-state index contributed by atoms with van der Waals surface area (Å²) in [5.41, 5.74) is -0.750. The van der Waals surface area contributed by atoms with Crippen LogP contribution in [-0.2, 0) is 10.9 Å². The second-order valence-corrected chi connectivity index (χ2v) is 5.05. The van der Waals surface area contributed by atoms with Gasteiger partial charge in [0, 0.05) is 24.8 Å². The lowest BCUT2D eigenvalue weighted by molar-refractivity contribution is -0.140. The van der Waals surface area contributed by atoms with Crippen LogP contribution < -0.4 is 4.90 Å². The van der Waals surface area contributed by atoms with Gasteiger partial charge in [-0.3, -0.25) is 4.98 Å². The van der Waals surface area contributed by atoms with Gasteiger partial charge < -0.3 is 9.64 Å². The quantitative estimate of drug-likeness (QED) is 0.795. The topological polar surface area (TPSA) is 38.2 Å². The van der Waals surface area contributed by atoms with Crippen molar-refractivity contribution in [3.05, 3.63) is 42.1 Å². The number of hydrogen-bond acceptors (Lipinski definition) is 4. The van der Waals surface area contributed by atoms with Crippen molar-refractivity contribution in [1.82, 2.24) is 9.97 Å². The molecule has 3 heterocycles. The average molecular weight is 327 g/mol. The Morgan fingerprint density at radius 2 is 1.83 bits per heavy atom. The highest BCUT2D eigenvalue weighted by Crippen LogP contribution is 2.37. The first-order valence-electron chi connectivity index (χ1n) is 6.97. The van der Waals surface area contributed by atoms with Gasteiger partial charge in [0.25, 0.3) is 0 Å². The van der Waals surface area contributed by atoms with Crippen LogP contribution in [0.25, 0.3) is 11.3 Å². The summed E-state index contributed by atoms with van der Waals surface area (Å²) in [6.07, 6.45) is -2.35. The van der Waals surface area contributed by atoms with Crippen LogP contribution in [0.3, 0.4) is 0 Å². The molecule has 2 aromatic rings. The van der Waals surface area contributed by atoms with Crippen LogP contribution in [-0.4, -0.2) is 36.3 Å². The van der Waals surface area contributed by atoms with Crippen LogP contribution in [0.5, 0.6) is 0 Å². The SMILES string of the molecule is Fc1cncc(-c2ccc(N3CCOCC3)c(C(F)(F)F)n2)c1. The summed E-state index contributed by atoms with van der Waals surface area (Å²) in [6, 6.07) is 3.90. The smallest absolute Gasteiger partial charge is 0.378 e. The van der Waals surface area contributed by atoms with E-state index in [0.717, 1.165) is 12.3 Å². The van der Waals surface area contributed by atoms with Gasteiger partial charge in [-0.05, 0) is 18.2 Å². The summed E-state index contributed by atoms with van der Waals surface area (Å²) in [6.45, 7) is 1.47. The maximum absolute atomic E-state index is 13.4. The molecule has 0 saturated carbocycles. The van der Waals surface area contributed by atoms with Crippen molar-refractivity contribution in [3.63, 3.8) is 0 Å². The lowest BCUT2D eigenvalue weighted by atomic mass is 10.1. The third-order valence-corrected chi connectivity index (χ3v) is 3.49. The molecule has 0 atom stereocenters. The van der Waals surface area contributed by atoms with E-state index >= 15 is 0 Å². The molecule has 1 aliphatic heterocycles. The number of hydrogen-bond donors (Lipinski definition) is 0. The van der Waals surface area contributed by atoms with Gasteiger partial charge in [-0.25, -0.2) is 9.37 Å². The number of rotatable bonds is 2. The summed E-state index contributed by atoms with van der Waals surface area (Å²) in [7, 11) is 0. The number of nitrogens with zero attached hydrogens (tertiary/aromatic N) is 3. The lowest BCUT2D eigenvalue weighted by Gasteiger charge is -2.30. The van der Waals surface area contributed by atoms with E-state index < -0.39 is 17.7 Å². The number of aromatic nitrogens is 2. The van der Waals surface area contributed by atoms with Crippen LogP contribution in [0.4, 0.5) is 23.2 Å². The Kier molecular flexibility index (Phi) is 4.16. The number of anilines is 1. The van der Waals surface area contributed by atoms with E-state index in [1.54, 1.807) is 4.90 Å². The molecule has 2 aromatic heterocycles. The number of alkyl halides is 3. The normalized spacial score (nSPS) is 15.7. The van der Waals surface area contributed by atoms with Gasteiger partial charge in [0.05, 0.1) is 30.8 Å². The minimum Gasteiger partial charge on any atom is -0.378 e. The minimum atomic E-state index is -4.61. The second-order valence-electron chi connectivity index (χ2n) is 5.05. The second kappa shape index (κ2) is 6.11. The highest BCUT2D eigenvalue weighted by molar-refractivity contribution is 5.63.